The molecule has 148 valence electrons. The maximum Gasteiger partial charge on any atom is 0.299 e. The van der Waals surface area contributed by atoms with Crippen LogP contribution in [-0.4, -0.2) is 35.9 Å². The van der Waals surface area contributed by atoms with Gasteiger partial charge in [0.1, 0.15) is 30.6 Å². The number of hydrogen-bond donors (Lipinski definition) is 2. The van der Waals surface area contributed by atoms with Crippen molar-refractivity contribution in [1.82, 2.24) is 4.98 Å². The monoisotopic (exact) mass is 392 g/mol. The van der Waals surface area contributed by atoms with Crippen molar-refractivity contribution < 1.29 is 22.7 Å². The smallest absolute Gasteiger partial charge is 0.299 e. The zero-order valence-corrected chi connectivity index (χ0v) is 15.1. The molecule has 0 bridgehead atoms. The maximum absolute atomic E-state index is 14.9. The average Bonchev–Trinajstić information content (AvgIpc) is 2.79. The topological polar surface area (TPSA) is 89.6 Å². The first kappa shape index (κ1) is 19.8. The molecular formula is C19H19F3N4O2. The van der Waals surface area contributed by atoms with Crippen LogP contribution < -0.4 is 11.1 Å². The van der Waals surface area contributed by atoms with E-state index in [2.05, 4.69) is 15.3 Å². The van der Waals surface area contributed by atoms with E-state index in [0.29, 0.717) is 0 Å². The molecule has 0 fully saturated rings. The highest BCUT2D eigenvalue weighted by molar-refractivity contribution is 6.02. The Labute approximate surface area is 159 Å². The van der Waals surface area contributed by atoms with E-state index in [-0.39, 0.29) is 35.8 Å². The Balaban J connectivity index is 2.04. The molecule has 0 radical (unpaired) electrons. The van der Waals surface area contributed by atoms with Crippen LogP contribution in [0.15, 0.2) is 47.6 Å². The Hall–Kier alpha value is -2.94. The molecule has 0 saturated carbocycles. The summed E-state index contributed by atoms with van der Waals surface area (Å²) in [5, 5.41) is 2.54. The minimum atomic E-state index is -3.51. The zero-order chi connectivity index (χ0) is 20.4. The number of rotatable bonds is 4. The van der Waals surface area contributed by atoms with Gasteiger partial charge in [0.25, 0.3) is 11.8 Å². The Morgan fingerprint density at radius 1 is 1.32 bits per heavy atom. The molecule has 1 aromatic heterocycles. The van der Waals surface area contributed by atoms with Gasteiger partial charge in [0.2, 0.25) is 0 Å². The van der Waals surface area contributed by atoms with Gasteiger partial charge in [-0.25, -0.2) is 13.2 Å². The molecule has 1 aliphatic heterocycles. The van der Waals surface area contributed by atoms with Crippen molar-refractivity contribution in [2.24, 2.45) is 10.7 Å². The molecule has 1 atom stereocenters. The molecule has 6 nitrogen and oxygen atoms in total. The fraction of sp³-hybridized carbons (Fsp3) is 0.316. The van der Waals surface area contributed by atoms with Crippen molar-refractivity contribution in [1.29, 1.82) is 0 Å². The van der Waals surface area contributed by atoms with Crippen molar-refractivity contribution in [3.63, 3.8) is 0 Å². The van der Waals surface area contributed by atoms with Crippen LogP contribution in [0.25, 0.3) is 0 Å². The van der Waals surface area contributed by atoms with Gasteiger partial charge < -0.3 is 15.8 Å². The summed E-state index contributed by atoms with van der Waals surface area (Å²) < 4.78 is 49.4. The first-order valence-corrected chi connectivity index (χ1v) is 8.61. The summed E-state index contributed by atoms with van der Waals surface area (Å²) in [4.78, 5) is 20.1. The van der Waals surface area contributed by atoms with Crippen LogP contribution in [0.4, 0.5) is 18.9 Å². The minimum absolute atomic E-state index is 0.133. The molecule has 2 heterocycles. The molecule has 3 rings (SSSR count). The van der Waals surface area contributed by atoms with Gasteiger partial charge in [0.15, 0.2) is 5.54 Å². The molecule has 0 spiro atoms. The quantitative estimate of drug-likeness (QED) is 0.837. The standard InChI is InChI=1S/C19H19F3N4O2/c1-2-18(19(21,22)11-28-10-16(23)26-18)13-9-12(6-7-14(13)20)25-17(27)15-5-3-4-8-24-15/h3-9H,2,10-11H2,1H3,(H2,23,26)(H,25,27)/t18-/m1/s1. The highest BCUT2D eigenvalue weighted by Crippen LogP contribution is 2.46. The fourth-order valence-electron chi connectivity index (χ4n) is 3.16. The number of amides is 1. The molecular weight excluding hydrogens is 373 g/mol. The van der Waals surface area contributed by atoms with Crippen LogP contribution in [0.3, 0.4) is 0 Å². The molecule has 0 saturated heterocycles. The van der Waals surface area contributed by atoms with Crippen LogP contribution >= 0.6 is 0 Å². The number of nitrogens with two attached hydrogens (primary N) is 1. The number of aromatic nitrogens is 1. The Morgan fingerprint density at radius 2 is 2.11 bits per heavy atom. The Morgan fingerprint density at radius 3 is 2.79 bits per heavy atom. The predicted octanol–water partition coefficient (Wildman–Crippen LogP) is 3.10. The van der Waals surface area contributed by atoms with E-state index in [4.69, 9.17) is 10.5 Å². The summed E-state index contributed by atoms with van der Waals surface area (Å²) in [5.74, 6) is -5.09. The number of nitrogens with one attached hydrogen (secondary N) is 1. The van der Waals surface area contributed by atoms with Crippen LogP contribution in [-0.2, 0) is 10.3 Å². The van der Waals surface area contributed by atoms with E-state index in [1.165, 1.54) is 25.3 Å². The highest BCUT2D eigenvalue weighted by atomic mass is 19.3. The zero-order valence-electron chi connectivity index (χ0n) is 15.1. The number of carbonyl (C=O) groups excluding carboxylic acids is 1. The summed E-state index contributed by atoms with van der Waals surface area (Å²) in [6.45, 7) is 0.249. The number of halogens is 3. The van der Waals surface area contributed by atoms with Gasteiger partial charge in [-0.1, -0.05) is 13.0 Å². The number of aliphatic imine (C=N–C) groups is 1. The predicted molar refractivity (Wildman–Crippen MR) is 97.9 cm³/mol. The van der Waals surface area contributed by atoms with Crippen LogP contribution in [0.1, 0.15) is 29.4 Å². The SMILES string of the molecule is CC[C@]1(c2cc(NC(=O)c3ccccn3)ccc2F)N=C(N)COCC1(F)F. The third-order valence-electron chi connectivity index (χ3n) is 4.55. The van der Waals surface area contributed by atoms with Crippen LogP contribution in [0.5, 0.6) is 0 Å². The summed E-state index contributed by atoms with van der Waals surface area (Å²) >= 11 is 0. The number of anilines is 1. The number of nitrogens with zero attached hydrogens (tertiary/aromatic N) is 2. The van der Waals surface area contributed by atoms with Gasteiger partial charge >= 0.3 is 0 Å². The Kier molecular flexibility index (Phi) is 5.37. The average molecular weight is 392 g/mol. The molecule has 9 heteroatoms. The van der Waals surface area contributed by atoms with Gasteiger partial charge in [-0.05, 0) is 36.8 Å². The summed E-state index contributed by atoms with van der Waals surface area (Å²) in [6.07, 6.45) is 1.22. The van der Waals surface area contributed by atoms with Crippen LogP contribution in [0, 0.1) is 5.82 Å². The maximum atomic E-state index is 14.9. The molecule has 1 aromatic carbocycles. The minimum Gasteiger partial charge on any atom is -0.385 e. The molecule has 0 unspecified atom stereocenters. The third-order valence-corrected chi connectivity index (χ3v) is 4.55. The van der Waals surface area contributed by atoms with E-state index < -0.39 is 29.8 Å². The normalized spacial score (nSPS) is 21.5. The lowest BCUT2D eigenvalue weighted by Crippen LogP contribution is -2.47. The number of hydrogen-bond acceptors (Lipinski definition) is 5. The van der Waals surface area contributed by atoms with E-state index in [1.54, 1.807) is 12.1 Å². The highest BCUT2D eigenvalue weighted by Gasteiger charge is 2.56. The second-order valence-electron chi connectivity index (χ2n) is 6.38. The second-order valence-corrected chi connectivity index (χ2v) is 6.38. The van der Waals surface area contributed by atoms with E-state index in [1.807, 2.05) is 0 Å². The molecule has 2 aromatic rings. The fourth-order valence-corrected chi connectivity index (χ4v) is 3.16. The molecule has 1 aliphatic rings. The second kappa shape index (κ2) is 7.59. The van der Waals surface area contributed by atoms with Crippen molar-refractivity contribution in [3.05, 3.63) is 59.7 Å². The summed E-state index contributed by atoms with van der Waals surface area (Å²) in [5.41, 5.74) is 3.33. The van der Waals surface area contributed by atoms with Crippen molar-refractivity contribution >= 4 is 17.4 Å². The number of benzene rings is 1. The first-order valence-electron chi connectivity index (χ1n) is 8.61. The first-order chi connectivity index (χ1) is 13.3. The van der Waals surface area contributed by atoms with Gasteiger partial charge in [0, 0.05) is 17.4 Å². The summed E-state index contributed by atoms with van der Waals surface area (Å²) in [6, 6.07) is 8.21. The lowest BCUT2D eigenvalue weighted by atomic mass is 9.81. The molecule has 1 amide bonds. The number of amidine groups is 1. The van der Waals surface area contributed by atoms with Gasteiger partial charge in [-0.15, -0.1) is 0 Å². The summed E-state index contributed by atoms with van der Waals surface area (Å²) in [7, 11) is 0. The number of ether oxygens (including phenoxy) is 1. The lowest BCUT2D eigenvalue weighted by Gasteiger charge is -2.36. The molecule has 28 heavy (non-hydrogen) atoms. The van der Waals surface area contributed by atoms with Crippen LogP contribution in [0.2, 0.25) is 0 Å². The van der Waals surface area contributed by atoms with Crippen molar-refractivity contribution in [2.75, 3.05) is 18.5 Å². The largest absolute Gasteiger partial charge is 0.385 e. The molecule has 3 N–H and O–H groups in total. The Bertz CT molecular complexity index is 905. The number of alkyl halides is 2. The van der Waals surface area contributed by atoms with E-state index in [0.717, 1.165) is 12.1 Å². The van der Waals surface area contributed by atoms with Crippen molar-refractivity contribution in [3.8, 4) is 0 Å². The van der Waals surface area contributed by atoms with E-state index in [9.17, 15) is 18.0 Å². The van der Waals surface area contributed by atoms with Gasteiger partial charge in [-0.3, -0.25) is 14.8 Å². The third kappa shape index (κ3) is 3.57. The number of pyridine rings is 1. The van der Waals surface area contributed by atoms with Crippen molar-refractivity contribution in [2.45, 2.75) is 24.8 Å². The number of carbonyl (C=O) groups is 1. The van der Waals surface area contributed by atoms with Gasteiger partial charge in [0.05, 0.1) is 0 Å². The van der Waals surface area contributed by atoms with Gasteiger partial charge in [-0.2, -0.15) is 0 Å². The lowest BCUT2D eigenvalue weighted by molar-refractivity contribution is -0.123. The molecule has 0 aliphatic carbocycles. The van der Waals surface area contributed by atoms with E-state index >= 15 is 0 Å².